The van der Waals surface area contributed by atoms with Gasteiger partial charge in [0.2, 0.25) is 0 Å². The third-order valence-electron chi connectivity index (χ3n) is 5.33. The van der Waals surface area contributed by atoms with Gasteiger partial charge < -0.3 is 5.32 Å². The van der Waals surface area contributed by atoms with Crippen LogP contribution in [0.2, 0.25) is 0 Å². The maximum atomic E-state index is 8.34. The zero-order valence-electron chi connectivity index (χ0n) is 21.2. The molecule has 4 aromatic rings. The molecule has 0 aliphatic heterocycles. The second-order valence-electron chi connectivity index (χ2n) is 7.12. The van der Waals surface area contributed by atoms with Gasteiger partial charge in [-0.3, -0.25) is 0 Å². The van der Waals surface area contributed by atoms with Gasteiger partial charge in [0.25, 0.3) is 0 Å². The van der Waals surface area contributed by atoms with Gasteiger partial charge in [0.1, 0.15) is 0 Å². The molecule has 136 valence electrons. The normalized spacial score (nSPS) is 17.7. The monoisotopic (exact) mass is 367 g/mol. The molecule has 0 amide bonds. The van der Waals surface area contributed by atoms with Gasteiger partial charge in [-0.25, -0.2) is 0 Å². The van der Waals surface area contributed by atoms with Gasteiger partial charge in [-0.2, -0.15) is 0 Å². The SMILES string of the molecule is [2H]C([2H])([2H])C1(C([2H])([2H])[2H])c2ccccc2-c2ccc(Nc3ccc(-c4ccccc4)cc3)cc21. The Bertz CT molecular complexity index is 1320. The van der Waals surface area contributed by atoms with Crippen LogP contribution in [0.1, 0.15) is 33.1 Å². The van der Waals surface area contributed by atoms with E-state index in [1.165, 1.54) is 0 Å². The molecule has 0 atom stereocenters. The lowest BCUT2D eigenvalue weighted by Gasteiger charge is -2.22. The van der Waals surface area contributed by atoms with E-state index in [-0.39, 0.29) is 0 Å². The third-order valence-corrected chi connectivity index (χ3v) is 5.33. The summed E-state index contributed by atoms with van der Waals surface area (Å²) < 4.78 is 50.1. The summed E-state index contributed by atoms with van der Waals surface area (Å²) in [5.41, 5.74) is 3.50. The lowest BCUT2D eigenvalue weighted by Crippen LogP contribution is -2.15. The number of anilines is 2. The van der Waals surface area contributed by atoms with Crippen LogP contribution < -0.4 is 5.32 Å². The van der Waals surface area contributed by atoms with Crippen LogP contribution in [-0.2, 0) is 5.41 Å². The van der Waals surface area contributed by atoms with E-state index in [0.717, 1.165) is 16.8 Å². The fourth-order valence-corrected chi connectivity index (χ4v) is 3.90. The van der Waals surface area contributed by atoms with E-state index in [2.05, 4.69) is 5.32 Å². The van der Waals surface area contributed by atoms with E-state index in [1.54, 1.807) is 30.3 Å². The Balaban J connectivity index is 1.58. The van der Waals surface area contributed by atoms with Crippen molar-refractivity contribution >= 4 is 11.4 Å². The van der Waals surface area contributed by atoms with Crippen LogP contribution in [0.5, 0.6) is 0 Å². The van der Waals surface area contributed by atoms with Crippen LogP contribution in [0.3, 0.4) is 0 Å². The van der Waals surface area contributed by atoms with E-state index in [1.807, 2.05) is 66.7 Å². The van der Waals surface area contributed by atoms with Crippen molar-refractivity contribution < 1.29 is 8.22 Å². The number of rotatable bonds is 3. The molecule has 28 heavy (non-hydrogen) atoms. The molecular weight excluding hydrogens is 338 g/mol. The van der Waals surface area contributed by atoms with Gasteiger partial charge in [-0.1, -0.05) is 86.5 Å². The van der Waals surface area contributed by atoms with Crippen molar-refractivity contribution in [1.29, 1.82) is 0 Å². The van der Waals surface area contributed by atoms with Gasteiger partial charge >= 0.3 is 0 Å². The average molecular weight is 368 g/mol. The summed E-state index contributed by atoms with van der Waals surface area (Å²) in [7, 11) is 0. The minimum absolute atomic E-state index is 0.305. The average Bonchev–Trinajstić information content (AvgIpc) is 3.11. The van der Waals surface area contributed by atoms with Crippen molar-refractivity contribution in [2.24, 2.45) is 0 Å². The highest BCUT2D eigenvalue weighted by Gasteiger charge is 2.35. The van der Waals surface area contributed by atoms with Gasteiger partial charge in [-0.15, -0.1) is 0 Å². The van der Waals surface area contributed by atoms with Crippen LogP contribution >= 0.6 is 0 Å². The minimum atomic E-state index is -2.77. The first-order valence-electron chi connectivity index (χ1n) is 12.3. The maximum absolute atomic E-state index is 8.34. The quantitative estimate of drug-likeness (QED) is 0.398. The van der Waals surface area contributed by atoms with Crippen molar-refractivity contribution in [3.05, 3.63) is 108 Å². The summed E-state index contributed by atoms with van der Waals surface area (Å²) in [6, 6.07) is 30.2. The van der Waals surface area contributed by atoms with Crippen molar-refractivity contribution in [2.75, 3.05) is 5.32 Å². The summed E-state index contributed by atoms with van der Waals surface area (Å²) in [5, 5.41) is 3.31. The molecule has 0 heterocycles. The van der Waals surface area contributed by atoms with Crippen molar-refractivity contribution in [3.8, 4) is 22.3 Å². The summed E-state index contributed by atoms with van der Waals surface area (Å²) in [5.74, 6) is 0. The smallest absolute Gasteiger partial charge is 0.0387 e. The molecule has 4 aromatic carbocycles. The molecule has 1 heteroatoms. The molecule has 1 aliphatic carbocycles. The predicted octanol–water partition coefficient (Wildman–Crippen LogP) is 7.40. The Kier molecular flexibility index (Phi) is 2.62. The molecule has 0 fully saturated rings. The van der Waals surface area contributed by atoms with Crippen LogP contribution in [0.15, 0.2) is 97.1 Å². The van der Waals surface area contributed by atoms with Gasteiger partial charge in [0, 0.05) is 25.0 Å². The lowest BCUT2D eigenvalue weighted by atomic mass is 9.82. The molecule has 1 nitrogen and oxygen atoms in total. The van der Waals surface area contributed by atoms with E-state index in [0.29, 0.717) is 27.9 Å². The maximum Gasteiger partial charge on any atom is 0.0387 e. The van der Waals surface area contributed by atoms with E-state index >= 15 is 0 Å². The van der Waals surface area contributed by atoms with Crippen molar-refractivity contribution in [1.82, 2.24) is 0 Å². The highest BCUT2D eigenvalue weighted by Crippen LogP contribution is 2.49. The largest absolute Gasteiger partial charge is 0.356 e. The Labute approximate surface area is 175 Å². The molecule has 5 rings (SSSR count). The first-order valence-corrected chi connectivity index (χ1v) is 9.30. The van der Waals surface area contributed by atoms with Crippen LogP contribution in [0.25, 0.3) is 22.3 Å². The molecule has 0 saturated heterocycles. The first-order chi connectivity index (χ1) is 16.1. The summed E-state index contributed by atoms with van der Waals surface area (Å²) >= 11 is 0. The molecule has 0 saturated carbocycles. The zero-order valence-corrected chi connectivity index (χ0v) is 15.2. The Morgan fingerprint density at radius 2 is 1.25 bits per heavy atom. The third kappa shape index (κ3) is 2.71. The highest BCUT2D eigenvalue weighted by molar-refractivity contribution is 5.83. The molecule has 0 radical (unpaired) electrons. The van der Waals surface area contributed by atoms with Crippen LogP contribution in [0, 0.1) is 0 Å². The molecule has 0 aromatic heterocycles. The Morgan fingerprint density at radius 3 is 2.04 bits per heavy atom. The summed E-state index contributed by atoms with van der Waals surface area (Å²) in [6.45, 7) is -5.54. The van der Waals surface area contributed by atoms with Crippen LogP contribution in [0.4, 0.5) is 11.4 Å². The standard InChI is InChI=1S/C27H23N/c1-27(2)25-11-7-6-10-23(25)24-17-16-22(18-26(24)27)28-21-14-12-20(13-15-21)19-8-4-3-5-9-19/h3-18,28H,1-2H3/i1D3,2D3. The van der Waals surface area contributed by atoms with Crippen molar-refractivity contribution in [2.45, 2.75) is 19.1 Å². The Morgan fingerprint density at radius 1 is 0.607 bits per heavy atom. The minimum Gasteiger partial charge on any atom is -0.356 e. The molecule has 1 N–H and O–H groups in total. The van der Waals surface area contributed by atoms with Gasteiger partial charge in [0.15, 0.2) is 0 Å². The molecule has 0 bridgehead atoms. The van der Waals surface area contributed by atoms with E-state index < -0.39 is 19.1 Å². The number of hydrogen-bond donors (Lipinski definition) is 1. The fourth-order valence-electron chi connectivity index (χ4n) is 3.90. The zero-order chi connectivity index (χ0) is 24.1. The number of benzene rings is 4. The summed E-state index contributed by atoms with van der Waals surface area (Å²) in [4.78, 5) is 0. The molecular formula is C27H23N. The number of nitrogens with one attached hydrogen (secondary N) is 1. The molecule has 0 spiro atoms. The fraction of sp³-hybridized carbons (Fsp3) is 0.111. The highest BCUT2D eigenvalue weighted by atomic mass is 14.9. The molecule has 0 unspecified atom stereocenters. The number of hydrogen-bond acceptors (Lipinski definition) is 1. The topological polar surface area (TPSA) is 12.0 Å². The summed E-state index contributed by atoms with van der Waals surface area (Å²) in [6.07, 6.45) is 0. The molecule has 1 aliphatic rings. The second kappa shape index (κ2) is 6.38. The lowest BCUT2D eigenvalue weighted by molar-refractivity contribution is 0.660. The van der Waals surface area contributed by atoms with Gasteiger partial charge in [-0.05, 0) is 57.6 Å². The number of fused-ring (bicyclic) bond motifs is 3. The van der Waals surface area contributed by atoms with E-state index in [9.17, 15) is 0 Å². The van der Waals surface area contributed by atoms with E-state index in [4.69, 9.17) is 8.22 Å². The van der Waals surface area contributed by atoms with Crippen LogP contribution in [-0.4, -0.2) is 0 Å². The second-order valence-corrected chi connectivity index (χ2v) is 7.12. The van der Waals surface area contributed by atoms with Gasteiger partial charge in [0.05, 0.1) is 0 Å². The predicted molar refractivity (Wildman–Crippen MR) is 119 cm³/mol. The first kappa shape index (κ1) is 11.5. The Hall–Kier alpha value is -3.32. The van der Waals surface area contributed by atoms with Crippen molar-refractivity contribution in [3.63, 3.8) is 0 Å².